The fraction of sp³-hybridized carbons (Fsp3) is 0.0556. The number of alkyl halides is 3. The van der Waals surface area contributed by atoms with Crippen molar-refractivity contribution in [1.29, 1.82) is 5.26 Å². The van der Waals surface area contributed by atoms with Gasteiger partial charge >= 0.3 is 17.9 Å². The van der Waals surface area contributed by atoms with E-state index in [1.807, 2.05) is 0 Å². The Bertz CT molecular complexity index is 1070. The van der Waals surface area contributed by atoms with Crippen molar-refractivity contribution in [3.63, 3.8) is 0 Å². The van der Waals surface area contributed by atoms with Gasteiger partial charge in [-0.05, 0) is 35.9 Å². The molecule has 0 fully saturated rings. The largest absolute Gasteiger partial charge is 0.450 e. The lowest BCUT2D eigenvalue weighted by molar-refractivity contribution is -0.385. The molecule has 3 N–H and O–H groups in total. The van der Waals surface area contributed by atoms with Crippen LogP contribution in [0.3, 0.4) is 0 Å². The zero-order valence-electron chi connectivity index (χ0n) is 14.8. The van der Waals surface area contributed by atoms with Crippen molar-refractivity contribution < 1.29 is 32.4 Å². The zero-order valence-corrected chi connectivity index (χ0v) is 14.8. The Morgan fingerprint density at radius 2 is 1.83 bits per heavy atom. The first-order valence-electron chi connectivity index (χ1n) is 7.87. The fourth-order valence-electron chi connectivity index (χ4n) is 2.18. The summed E-state index contributed by atoms with van der Waals surface area (Å²) < 4.78 is 43.5. The molecule has 12 heteroatoms. The molecule has 0 heterocycles. The monoisotopic (exact) mass is 420 g/mol. The zero-order chi connectivity index (χ0) is 22.5. The van der Waals surface area contributed by atoms with Crippen molar-refractivity contribution in [2.24, 2.45) is 5.73 Å². The molecular weight excluding hydrogens is 409 g/mol. The summed E-state index contributed by atoms with van der Waals surface area (Å²) in [4.78, 5) is 32.4. The van der Waals surface area contributed by atoms with Crippen molar-refractivity contribution in [2.45, 2.75) is 6.18 Å². The van der Waals surface area contributed by atoms with E-state index in [0.717, 1.165) is 12.1 Å². The summed E-state index contributed by atoms with van der Waals surface area (Å²) >= 11 is 0. The van der Waals surface area contributed by atoms with Crippen LogP contribution >= 0.6 is 0 Å². The van der Waals surface area contributed by atoms with Crippen LogP contribution in [-0.4, -0.2) is 16.9 Å². The van der Waals surface area contributed by atoms with Crippen molar-refractivity contribution in [1.82, 2.24) is 5.32 Å². The van der Waals surface area contributed by atoms with E-state index in [1.165, 1.54) is 24.3 Å². The van der Waals surface area contributed by atoms with E-state index in [4.69, 9.17) is 15.7 Å². The smallest absolute Gasteiger partial charge is 0.416 e. The predicted molar refractivity (Wildman–Crippen MR) is 95.9 cm³/mol. The maximum atomic E-state index is 12.7. The van der Waals surface area contributed by atoms with Gasteiger partial charge in [-0.1, -0.05) is 12.1 Å². The number of primary amides is 1. The van der Waals surface area contributed by atoms with Gasteiger partial charge in [-0.15, -0.1) is 0 Å². The van der Waals surface area contributed by atoms with Gasteiger partial charge in [0.1, 0.15) is 17.4 Å². The number of hydrogen-bond acceptors (Lipinski definition) is 6. The second kappa shape index (κ2) is 8.74. The number of urea groups is 1. The molecule has 3 amide bonds. The van der Waals surface area contributed by atoms with Gasteiger partial charge in [0.15, 0.2) is 0 Å². The molecule has 0 aliphatic rings. The number of nitrogens with zero attached hydrogens (tertiary/aromatic N) is 2. The van der Waals surface area contributed by atoms with Crippen molar-refractivity contribution in [3.8, 4) is 17.6 Å². The summed E-state index contributed by atoms with van der Waals surface area (Å²) in [7, 11) is 0. The molecule has 0 spiro atoms. The Labute approximate surface area is 166 Å². The third-order valence-corrected chi connectivity index (χ3v) is 3.50. The molecule has 0 aliphatic carbocycles. The molecule has 30 heavy (non-hydrogen) atoms. The summed E-state index contributed by atoms with van der Waals surface area (Å²) in [5.74, 6) is -1.37. The highest BCUT2D eigenvalue weighted by Crippen LogP contribution is 2.37. The van der Waals surface area contributed by atoms with Crippen LogP contribution in [0.15, 0.2) is 48.0 Å². The highest BCUT2D eigenvalue weighted by molar-refractivity contribution is 6.08. The quantitative estimate of drug-likeness (QED) is 0.327. The van der Waals surface area contributed by atoms with Crippen molar-refractivity contribution in [2.75, 3.05) is 0 Å². The molecule has 0 saturated carbocycles. The number of benzene rings is 2. The highest BCUT2D eigenvalue weighted by atomic mass is 19.4. The van der Waals surface area contributed by atoms with Crippen LogP contribution in [0.4, 0.5) is 23.7 Å². The number of nitrogens with one attached hydrogen (secondary N) is 1. The van der Waals surface area contributed by atoms with Gasteiger partial charge in [0, 0.05) is 6.07 Å². The average Bonchev–Trinajstić information content (AvgIpc) is 2.66. The first kappa shape index (κ1) is 21.9. The van der Waals surface area contributed by atoms with Crippen LogP contribution in [0.5, 0.6) is 11.5 Å². The average molecular weight is 420 g/mol. The molecule has 0 radical (unpaired) electrons. The van der Waals surface area contributed by atoms with E-state index in [1.54, 1.807) is 11.4 Å². The number of halogens is 3. The maximum absolute atomic E-state index is 12.7. The van der Waals surface area contributed by atoms with Crippen molar-refractivity contribution >= 4 is 23.7 Å². The number of nitro groups is 1. The lowest BCUT2D eigenvalue weighted by atomic mass is 10.1. The van der Waals surface area contributed by atoms with E-state index < -0.39 is 45.6 Å². The molecule has 0 aliphatic heterocycles. The summed E-state index contributed by atoms with van der Waals surface area (Å²) in [6.45, 7) is 0. The molecule has 0 saturated heterocycles. The number of carbonyl (C=O) groups is 2. The fourth-order valence-corrected chi connectivity index (χ4v) is 2.18. The number of ether oxygens (including phenoxy) is 1. The lowest BCUT2D eigenvalue weighted by Gasteiger charge is -2.10. The lowest BCUT2D eigenvalue weighted by Crippen LogP contribution is -2.35. The highest BCUT2D eigenvalue weighted by Gasteiger charge is 2.33. The van der Waals surface area contributed by atoms with Crippen LogP contribution in [0.1, 0.15) is 11.1 Å². The van der Waals surface area contributed by atoms with Crippen molar-refractivity contribution in [3.05, 3.63) is 69.3 Å². The van der Waals surface area contributed by atoms with Crippen LogP contribution in [-0.2, 0) is 11.0 Å². The number of nitrogens with two attached hydrogens (primary N) is 1. The van der Waals surface area contributed by atoms with Gasteiger partial charge in [0.05, 0.1) is 10.5 Å². The number of nitriles is 1. The van der Waals surface area contributed by atoms with E-state index in [-0.39, 0.29) is 5.75 Å². The van der Waals surface area contributed by atoms with E-state index >= 15 is 0 Å². The number of imide groups is 1. The summed E-state index contributed by atoms with van der Waals surface area (Å²) in [5.41, 5.74) is 2.66. The number of rotatable bonds is 5. The van der Waals surface area contributed by atoms with E-state index in [9.17, 15) is 32.9 Å². The van der Waals surface area contributed by atoms with Crippen LogP contribution in [0.25, 0.3) is 6.08 Å². The number of amides is 3. The summed E-state index contributed by atoms with van der Waals surface area (Å²) in [6, 6.07) is 7.68. The second-order valence-electron chi connectivity index (χ2n) is 5.60. The van der Waals surface area contributed by atoms with Gasteiger partial charge in [-0.2, -0.15) is 18.4 Å². The van der Waals surface area contributed by atoms with Gasteiger partial charge < -0.3 is 10.5 Å². The van der Waals surface area contributed by atoms with Gasteiger partial charge in [0.25, 0.3) is 5.91 Å². The van der Waals surface area contributed by atoms with Crippen LogP contribution < -0.4 is 15.8 Å². The minimum atomic E-state index is -4.75. The Kier molecular flexibility index (Phi) is 6.38. The number of carbonyl (C=O) groups excluding carboxylic acids is 2. The standard InChI is InChI=1S/C18H11F3N4O5/c19-18(20,21)12-3-6-15(14(8-12)25(28)29)30-13-4-1-10(2-5-13)7-11(9-22)16(26)24-17(23)27/h1-8H,(H3,23,24,26,27)/b11-7-. The molecule has 154 valence electrons. The maximum Gasteiger partial charge on any atom is 0.416 e. The molecule has 0 bridgehead atoms. The number of hydrogen-bond donors (Lipinski definition) is 2. The van der Waals surface area contributed by atoms with Gasteiger partial charge in [0.2, 0.25) is 5.75 Å². The van der Waals surface area contributed by atoms with Crippen LogP contribution in [0.2, 0.25) is 0 Å². The molecule has 9 nitrogen and oxygen atoms in total. The minimum absolute atomic E-state index is 0.0510. The Morgan fingerprint density at radius 1 is 1.20 bits per heavy atom. The Balaban J connectivity index is 2.27. The van der Waals surface area contributed by atoms with Crippen LogP contribution in [0, 0.1) is 21.4 Å². The SMILES string of the molecule is N#C/C(=C/c1ccc(Oc2ccc(C(F)(F)F)cc2[N+](=O)[O-])cc1)C(=O)NC(N)=O. The second-order valence-corrected chi connectivity index (χ2v) is 5.60. The van der Waals surface area contributed by atoms with Gasteiger partial charge in [-0.3, -0.25) is 20.2 Å². The minimum Gasteiger partial charge on any atom is -0.450 e. The topological polar surface area (TPSA) is 148 Å². The number of nitro benzene ring substituents is 1. The molecule has 0 atom stereocenters. The molecule has 0 aromatic heterocycles. The third kappa shape index (κ3) is 5.55. The molecule has 2 aromatic rings. The normalized spacial score (nSPS) is 11.3. The summed E-state index contributed by atoms with van der Waals surface area (Å²) in [6.07, 6.45) is -3.61. The first-order valence-corrected chi connectivity index (χ1v) is 7.87. The van der Waals surface area contributed by atoms with Gasteiger partial charge in [-0.25, -0.2) is 4.79 Å². The Hall–Kier alpha value is -4.40. The third-order valence-electron chi connectivity index (χ3n) is 3.50. The molecule has 0 unspecified atom stereocenters. The van der Waals surface area contributed by atoms with E-state index in [2.05, 4.69) is 0 Å². The summed E-state index contributed by atoms with van der Waals surface area (Å²) in [5, 5.41) is 21.8. The molecule has 2 rings (SSSR count). The molecule has 2 aromatic carbocycles. The van der Waals surface area contributed by atoms with E-state index in [0.29, 0.717) is 17.7 Å². The molecular formula is C18H11F3N4O5. The Morgan fingerprint density at radius 3 is 2.33 bits per heavy atom. The predicted octanol–water partition coefficient (Wildman–Crippen LogP) is 3.51. The first-order chi connectivity index (χ1) is 14.0.